The van der Waals surface area contributed by atoms with Crippen molar-refractivity contribution in [3.8, 4) is 0 Å². The molecule has 22 heavy (non-hydrogen) atoms. The lowest BCUT2D eigenvalue weighted by atomic mass is 9.92. The van der Waals surface area contributed by atoms with Crippen LogP contribution >= 0.6 is 11.3 Å². The van der Waals surface area contributed by atoms with E-state index >= 15 is 0 Å². The molecule has 0 radical (unpaired) electrons. The molecule has 1 unspecified atom stereocenters. The molecule has 2 heterocycles. The summed E-state index contributed by atoms with van der Waals surface area (Å²) in [5.41, 5.74) is 0.729. The van der Waals surface area contributed by atoms with Gasteiger partial charge < -0.3 is 5.32 Å². The summed E-state index contributed by atoms with van der Waals surface area (Å²) in [5, 5.41) is 5.22. The number of aromatic nitrogens is 1. The fourth-order valence-electron chi connectivity index (χ4n) is 2.73. The molecule has 1 aromatic heterocycles. The van der Waals surface area contributed by atoms with Gasteiger partial charge in [-0.15, -0.1) is 11.3 Å². The van der Waals surface area contributed by atoms with E-state index in [1.165, 1.54) is 16.2 Å². The molecule has 0 bridgehead atoms. The molecule has 6 heteroatoms. The van der Waals surface area contributed by atoms with E-state index in [9.17, 15) is 9.59 Å². The SMILES string of the molecule is CC1(c2ccccc2)NC(=O)N(c2nc(C3CC3)cs2)C1=O. The number of carbonyl (C=O) groups is 2. The molecule has 2 aliphatic rings. The third-order valence-electron chi connectivity index (χ3n) is 4.24. The molecule has 3 amide bonds. The predicted octanol–water partition coefficient (Wildman–Crippen LogP) is 2.99. The number of carbonyl (C=O) groups excluding carboxylic acids is 2. The summed E-state index contributed by atoms with van der Waals surface area (Å²) in [7, 11) is 0. The van der Waals surface area contributed by atoms with E-state index in [1.807, 2.05) is 35.7 Å². The molecule has 2 fully saturated rings. The van der Waals surface area contributed by atoms with E-state index in [1.54, 1.807) is 6.92 Å². The van der Waals surface area contributed by atoms with Crippen molar-refractivity contribution in [3.63, 3.8) is 0 Å². The summed E-state index contributed by atoms with van der Waals surface area (Å²) in [6.07, 6.45) is 2.29. The first-order chi connectivity index (χ1) is 10.6. The van der Waals surface area contributed by atoms with Crippen LogP contribution in [0.1, 0.15) is 36.9 Å². The van der Waals surface area contributed by atoms with Crippen molar-refractivity contribution in [2.45, 2.75) is 31.2 Å². The van der Waals surface area contributed by atoms with Gasteiger partial charge in [-0.05, 0) is 25.3 Å². The van der Waals surface area contributed by atoms with Gasteiger partial charge in [0.05, 0.1) is 5.69 Å². The van der Waals surface area contributed by atoms with Gasteiger partial charge in [0.1, 0.15) is 5.54 Å². The molecule has 5 nitrogen and oxygen atoms in total. The summed E-state index contributed by atoms with van der Waals surface area (Å²) in [6.45, 7) is 1.73. The third kappa shape index (κ3) is 1.94. The number of hydrogen-bond donors (Lipinski definition) is 1. The lowest BCUT2D eigenvalue weighted by Crippen LogP contribution is -2.40. The second kappa shape index (κ2) is 4.64. The first-order valence-electron chi connectivity index (χ1n) is 7.27. The van der Waals surface area contributed by atoms with Crippen LogP contribution in [-0.2, 0) is 10.3 Å². The summed E-state index contributed by atoms with van der Waals surface area (Å²) in [6, 6.07) is 8.88. The topological polar surface area (TPSA) is 62.3 Å². The van der Waals surface area contributed by atoms with E-state index < -0.39 is 11.6 Å². The van der Waals surface area contributed by atoms with Crippen molar-refractivity contribution in [2.24, 2.45) is 0 Å². The van der Waals surface area contributed by atoms with Crippen LogP contribution in [0.15, 0.2) is 35.7 Å². The minimum atomic E-state index is -1.04. The minimum absolute atomic E-state index is 0.277. The Bertz CT molecular complexity index is 754. The highest BCUT2D eigenvalue weighted by Crippen LogP contribution is 2.42. The van der Waals surface area contributed by atoms with Gasteiger partial charge in [-0.25, -0.2) is 14.7 Å². The fourth-order valence-corrected chi connectivity index (χ4v) is 3.63. The number of imide groups is 1. The highest BCUT2D eigenvalue weighted by atomic mass is 32.1. The molecule has 0 spiro atoms. The number of hydrogen-bond acceptors (Lipinski definition) is 4. The van der Waals surface area contributed by atoms with E-state index in [0.717, 1.165) is 24.1 Å². The molecule has 112 valence electrons. The highest BCUT2D eigenvalue weighted by molar-refractivity contribution is 7.14. The van der Waals surface area contributed by atoms with Crippen LogP contribution in [-0.4, -0.2) is 16.9 Å². The molecule has 1 aliphatic carbocycles. The number of thiazole rings is 1. The Hall–Kier alpha value is -2.21. The van der Waals surface area contributed by atoms with Gasteiger partial charge in [0.25, 0.3) is 5.91 Å². The Kier molecular flexibility index (Phi) is 2.84. The van der Waals surface area contributed by atoms with E-state index in [-0.39, 0.29) is 5.91 Å². The maximum Gasteiger partial charge on any atom is 0.331 e. The number of nitrogens with one attached hydrogen (secondary N) is 1. The van der Waals surface area contributed by atoms with Gasteiger partial charge in [0, 0.05) is 11.3 Å². The standard InChI is InChI=1S/C16H15N3O2S/c1-16(11-5-3-2-4-6-11)13(20)19(14(21)18-16)15-17-12(9-22-15)10-7-8-10/h2-6,9-10H,7-8H2,1H3,(H,18,21). The Morgan fingerprint density at radius 2 is 2.00 bits per heavy atom. The zero-order valence-electron chi connectivity index (χ0n) is 12.1. The van der Waals surface area contributed by atoms with Crippen LogP contribution < -0.4 is 10.2 Å². The molecule has 2 aromatic rings. The quantitative estimate of drug-likeness (QED) is 0.886. The number of anilines is 1. The van der Waals surface area contributed by atoms with Crippen molar-refractivity contribution >= 4 is 28.4 Å². The lowest BCUT2D eigenvalue weighted by molar-refractivity contribution is -0.121. The molecule has 1 N–H and O–H groups in total. The van der Waals surface area contributed by atoms with Gasteiger partial charge in [0.2, 0.25) is 5.13 Å². The van der Waals surface area contributed by atoms with Crippen molar-refractivity contribution in [3.05, 3.63) is 47.0 Å². The van der Waals surface area contributed by atoms with E-state index in [2.05, 4.69) is 10.3 Å². The van der Waals surface area contributed by atoms with Crippen LogP contribution in [0.3, 0.4) is 0 Å². The van der Waals surface area contributed by atoms with Crippen LogP contribution in [0, 0.1) is 0 Å². The summed E-state index contributed by atoms with van der Waals surface area (Å²) in [5.74, 6) is 0.228. The predicted molar refractivity (Wildman–Crippen MR) is 83.9 cm³/mol. The third-order valence-corrected chi connectivity index (χ3v) is 5.08. The van der Waals surface area contributed by atoms with Crippen molar-refractivity contribution in [2.75, 3.05) is 4.90 Å². The number of nitrogens with zero attached hydrogens (tertiary/aromatic N) is 2. The maximum absolute atomic E-state index is 12.8. The lowest BCUT2D eigenvalue weighted by Gasteiger charge is -2.21. The van der Waals surface area contributed by atoms with E-state index in [4.69, 9.17) is 0 Å². The average Bonchev–Trinajstić information content (AvgIpc) is 3.21. The molecular weight excluding hydrogens is 298 g/mol. The second-order valence-corrected chi connectivity index (χ2v) is 6.73. The van der Waals surface area contributed by atoms with Crippen molar-refractivity contribution < 1.29 is 9.59 Å². The molecule has 1 saturated heterocycles. The Morgan fingerprint density at radius 3 is 2.68 bits per heavy atom. The van der Waals surface area contributed by atoms with Crippen LogP contribution in [0.5, 0.6) is 0 Å². The Labute approximate surface area is 132 Å². The monoisotopic (exact) mass is 313 g/mol. The molecule has 1 aliphatic heterocycles. The largest absolute Gasteiger partial charge is 0.331 e. The smallest absolute Gasteiger partial charge is 0.319 e. The van der Waals surface area contributed by atoms with Gasteiger partial charge in [-0.3, -0.25) is 4.79 Å². The van der Waals surface area contributed by atoms with Gasteiger partial charge in [-0.1, -0.05) is 30.3 Å². The highest BCUT2D eigenvalue weighted by Gasteiger charge is 2.50. The summed E-state index contributed by atoms with van der Waals surface area (Å²) < 4.78 is 0. The molecule has 1 aromatic carbocycles. The number of amides is 3. The summed E-state index contributed by atoms with van der Waals surface area (Å²) >= 11 is 1.35. The van der Waals surface area contributed by atoms with Crippen LogP contribution in [0.4, 0.5) is 9.93 Å². The Balaban J connectivity index is 1.69. The Morgan fingerprint density at radius 1 is 1.27 bits per heavy atom. The average molecular weight is 313 g/mol. The fraction of sp³-hybridized carbons (Fsp3) is 0.312. The second-order valence-electron chi connectivity index (χ2n) is 5.89. The zero-order chi connectivity index (χ0) is 15.3. The maximum atomic E-state index is 12.8. The number of rotatable bonds is 3. The normalized spacial score (nSPS) is 24.7. The van der Waals surface area contributed by atoms with Gasteiger partial charge >= 0.3 is 6.03 Å². The van der Waals surface area contributed by atoms with Crippen molar-refractivity contribution in [1.29, 1.82) is 0 Å². The number of urea groups is 1. The minimum Gasteiger partial charge on any atom is -0.319 e. The molecule has 1 saturated carbocycles. The van der Waals surface area contributed by atoms with Crippen molar-refractivity contribution in [1.82, 2.24) is 10.3 Å². The van der Waals surface area contributed by atoms with E-state index in [0.29, 0.717) is 11.0 Å². The molecular formula is C16H15N3O2S. The zero-order valence-corrected chi connectivity index (χ0v) is 12.9. The number of benzene rings is 1. The summed E-state index contributed by atoms with van der Waals surface area (Å²) in [4.78, 5) is 30.8. The first-order valence-corrected chi connectivity index (χ1v) is 8.15. The first kappa shape index (κ1) is 13.5. The molecule has 1 atom stereocenters. The van der Waals surface area contributed by atoms with Gasteiger partial charge in [0.15, 0.2) is 0 Å². The molecule has 4 rings (SSSR count). The van der Waals surface area contributed by atoms with Crippen LogP contribution in [0.25, 0.3) is 0 Å². The van der Waals surface area contributed by atoms with Crippen LogP contribution in [0.2, 0.25) is 0 Å². The van der Waals surface area contributed by atoms with Gasteiger partial charge in [-0.2, -0.15) is 0 Å².